The van der Waals surface area contributed by atoms with E-state index in [-0.39, 0.29) is 43.1 Å². The Bertz CT molecular complexity index is 462. The first-order valence-corrected chi connectivity index (χ1v) is 6.47. The van der Waals surface area contributed by atoms with E-state index in [0.29, 0.717) is 18.4 Å². The molecule has 23 heavy (non-hydrogen) atoms. The molecule has 2 N–H and O–H groups in total. The summed E-state index contributed by atoms with van der Waals surface area (Å²) in [6.45, 7) is -0.604. The van der Waals surface area contributed by atoms with Crippen molar-refractivity contribution in [3.05, 3.63) is 23.9 Å². The van der Waals surface area contributed by atoms with Gasteiger partial charge in [-0.25, -0.2) is 4.98 Å². The van der Waals surface area contributed by atoms with Crippen molar-refractivity contribution in [2.45, 2.75) is 25.6 Å². The fourth-order valence-corrected chi connectivity index (χ4v) is 1.55. The average molecular weight is 378 g/mol. The van der Waals surface area contributed by atoms with Crippen molar-refractivity contribution in [1.82, 2.24) is 15.6 Å². The predicted molar refractivity (Wildman–Crippen MR) is 85.3 cm³/mol. The minimum Gasteiger partial charge on any atom is -0.468 e. The second-order valence-electron chi connectivity index (χ2n) is 4.36. The number of aromatic nitrogens is 1. The van der Waals surface area contributed by atoms with Crippen molar-refractivity contribution in [2.24, 2.45) is 0 Å². The molecular weight excluding hydrogens is 358 g/mol. The number of amides is 1. The lowest BCUT2D eigenvalue weighted by atomic mass is 10.2. The Labute approximate surface area is 145 Å². The van der Waals surface area contributed by atoms with E-state index in [4.69, 9.17) is 0 Å². The molecule has 1 heterocycles. The van der Waals surface area contributed by atoms with Gasteiger partial charge in [0, 0.05) is 24.7 Å². The van der Waals surface area contributed by atoms with Crippen LogP contribution in [0.4, 0.5) is 13.2 Å². The highest BCUT2D eigenvalue weighted by Gasteiger charge is 2.29. The zero-order valence-electron chi connectivity index (χ0n) is 12.5. The van der Waals surface area contributed by atoms with Crippen molar-refractivity contribution in [3.8, 4) is 5.88 Å². The van der Waals surface area contributed by atoms with E-state index >= 15 is 0 Å². The Morgan fingerprint density at radius 3 is 2.65 bits per heavy atom. The van der Waals surface area contributed by atoms with Crippen LogP contribution < -0.4 is 15.4 Å². The van der Waals surface area contributed by atoms with E-state index in [2.05, 4.69) is 20.4 Å². The molecule has 0 radical (unpaired) electrons. The monoisotopic (exact) mass is 377 g/mol. The van der Waals surface area contributed by atoms with E-state index < -0.39 is 12.8 Å². The summed E-state index contributed by atoms with van der Waals surface area (Å²) in [4.78, 5) is 15.3. The summed E-state index contributed by atoms with van der Waals surface area (Å²) in [5.74, 6) is -0.291. The summed E-state index contributed by atoms with van der Waals surface area (Å²) < 4.78 is 41.0. The van der Waals surface area contributed by atoms with E-state index in [1.54, 1.807) is 19.2 Å². The summed E-state index contributed by atoms with van der Waals surface area (Å²) >= 11 is 0. The highest BCUT2D eigenvalue weighted by Crippen LogP contribution is 2.19. The molecule has 10 heteroatoms. The molecule has 1 amide bonds. The molecule has 5 nitrogen and oxygen atoms in total. The largest absolute Gasteiger partial charge is 0.468 e. The summed E-state index contributed by atoms with van der Waals surface area (Å²) in [6.07, 6.45) is -2.05. The van der Waals surface area contributed by atoms with Gasteiger partial charge in [0.25, 0.3) is 0 Å². The molecular formula is C13H20Cl2F3N3O2. The lowest BCUT2D eigenvalue weighted by Crippen LogP contribution is -2.25. The van der Waals surface area contributed by atoms with Gasteiger partial charge < -0.3 is 15.4 Å². The number of carbonyl (C=O) groups is 1. The highest BCUT2D eigenvalue weighted by molar-refractivity contribution is 5.85. The fourth-order valence-electron chi connectivity index (χ4n) is 1.55. The number of pyridine rings is 1. The number of nitrogens with one attached hydrogen (secondary N) is 2. The fraction of sp³-hybridized carbons (Fsp3) is 0.538. The Hall–Kier alpha value is -1.25. The molecule has 0 atom stereocenters. The third-order valence-corrected chi connectivity index (χ3v) is 2.53. The van der Waals surface area contributed by atoms with Crippen LogP contribution in [0.25, 0.3) is 0 Å². The van der Waals surface area contributed by atoms with Crippen molar-refractivity contribution in [3.63, 3.8) is 0 Å². The molecule has 1 rings (SSSR count). The minimum absolute atomic E-state index is 0. The van der Waals surface area contributed by atoms with Gasteiger partial charge in [0.15, 0.2) is 6.61 Å². The smallest absolute Gasteiger partial charge is 0.422 e. The second kappa shape index (κ2) is 12.2. The first-order chi connectivity index (χ1) is 9.92. The molecule has 134 valence electrons. The highest BCUT2D eigenvalue weighted by atomic mass is 35.5. The number of rotatable bonds is 8. The van der Waals surface area contributed by atoms with Crippen LogP contribution in [0.3, 0.4) is 0 Å². The van der Waals surface area contributed by atoms with Crippen molar-refractivity contribution >= 4 is 30.7 Å². The standard InChI is InChI=1S/C13H18F3N3O2.2ClH/c1-17-6-3-5-11(20)19-8-10-4-2-7-18-12(10)21-9-13(14,15)16;;/h2,4,7,17H,3,5-6,8-9H2,1H3,(H,19,20);2*1H. The lowest BCUT2D eigenvalue weighted by molar-refractivity contribution is -0.154. The maximum Gasteiger partial charge on any atom is 0.422 e. The zero-order chi connectivity index (χ0) is 15.7. The van der Waals surface area contributed by atoms with Crippen LogP contribution in [-0.4, -0.2) is 37.3 Å². The van der Waals surface area contributed by atoms with Gasteiger partial charge in [-0.2, -0.15) is 13.2 Å². The summed E-state index contributed by atoms with van der Waals surface area (Å²) in [5.41, 5.74) is 0.406. The van der Waals surface area contributed by atoms with Gasteiger partial charge in [-0.1, -0.05) is 6.07 Å². The number of alkyl halides is 3. The number of hydrogen-bond donors (Lipinski definition) is 2. The third-order valence-electron chi connectivity index (χ3n) is 2.53. The normalized spacial score (nSPS) is 10.3. The van der Waals surface area contributed by atoms with Crippen LogP contribution in [0.15, 0.2) is 18.3 Å². The van der Waals surface area contributed by atoms with Crippen LogP contribution in [0.5, 0.6) is 5.88 Å². The first-order valence-electron chi connectivity index (χ1n) is 6.47. The van der Waals surface area contributed by atoms with Crippen molar-refractivity contribution in [1.29, 1.82) is 0 Å². The van der Waals surface area contributed by atoms with Gasteiger partial charge in [0.1, 0.15) is 0 Å². The molecule has 0 fully saturated rings. The van der Waals surface area contributed by atoms with E-state index in [9.17, 15) is 18.0 Å². The average Bonchev–Trinajstić information content (AvgIpc) is 2.43. The Balaban J connectivity index is 0. The van der Waals surface area contributed by atoms with Gasteiger partial charge in [0.2, 0.25) is 11.8 Å². The van der Waals surface area contributed by atoms with Crippen LogP contribution in [0.2, 0.25) is 0 Å². The molecule has 0 aliphatic heterocycles. The Morgan fingerprint density at radius 2 is 2.04 bits per heavy atom. The van der Waals surface area contributed by atoms with E-state index in [1.165, 1.54) is 6.20 Å². The van der Waals surface area contributed by atoms with Gasteiger partial charge in [-0.15, -0.1) is 24.8 Å². The first kappa shape index (κ1) is 24.0. The molecule has 0 unspecified atom stereocenters. The molecule has 1 aromatic rings. The maximum atomic E-state index is 12.1. The SMILES string of the molecule is CNCCCC(=O)NCc1cccnc1OCC(F)(F)F.Cl.Cl. The van der Waals surface area contributed by atoms with Crippen LogP contribution in [0.1, 0.15) is 18.4 Å². The predicted octanol–water partition coefficient (Wildman–Crippen LogP) is 2.48. The maximum absolute atomic E-state index is 12.1. The molecule has 0 saturated carbocycles. The minimum atomic E-state index is -4.43. The molecule has 0 aliphatic rings. The quantitative estimate of drug-likeness (QED) is 0.683. The molecule has 0 aromatic carbocycles. The molecule has 0 saturated heterocycles. The topological polar surface area (TPSA) is 63.2 Å². The van der Waals surface area contributed by atoms with Crippen molar-refractivity contribution < 1.29 is 22.7 Å². The van der Waals surface area contributed by atoms with Gasteiger partial charge in [-0.05, 0) is 26.1 Å². The van der Waals surface area contributed by atoms with E-state index in [0.717, 1.165) is 6.54 Å². The molecule has 1 aromatic heterocycles. The summed E-state index contributed by atoms with van der Waals surface area (Å²) in [7, 11) is 1.79. The van der Waals surface area contributed by atoms with Crippen LogP contribution in [0, 0.1) is 0 Å². The molecule has 0 aliphatic carbocycles. The van der Waals surface area contributed by atoms with Gasteiger partial charge in [0.05, 0.1) is 0 Å². The van der Waals surface area contributed by atoms with E-state index in [1.807, 2.05) is 0 Å². The summed E-state index contributed by atoms with van der Waals surface area (Å²) in [6, 6.07) is 3.13. The van der Waals surface area contributed by atoms with Crippen LogP contribution in [-0.2, 0) is 11.3 Å². The van der Waals surface area contributed by atoms with Crippen LogP contribution >= 0.6 is 24.8 Å². The molecule has 0 bridgehead atoms. The second-order valence-corrected chi connectivity index (χ2v) is 4.36. The van der Waals surface area contributed by atoms with Crippen molar-refractivity contribution in [2.75, 3.05) is 20.2 Å². The number of carbonyl (C=O) groups excluding carboxylic acids is 1. The number of nitrogens with zero attached hydrogens (tertiary/aromatic N) is 1. The number of ether oxygens (including phenoxy) is 1. The summed E-state index contributed by atoms with van der Waals surface area (Å²) in [5, 5.41) is 5.55. The number of hydrogen-bond acceptors (Lipinski definition) is 4. The Morgan fingerprint density at radius 1 is 1.35 bits per heavy atom. The van der Waals surface area contributed by atoms with Gasteiger partial charge in [-0.3, -0.25) is 4.79 Å². The molecule has 0 spiro atoms. The lowest BCUT2D eigenvalue weighted by Gasteiger charge is -2.12. The third kappa shape index (κ3) is 11.0. The number of halogens is 5. The van der Waals surface area contributed by atoms with Gasteiger partial charge >= 0.3 is 6.18 Å². The Kier molecular flexibility index (Phi) is 12.7. The zero-order valence-corrected chi connectivity index (χ0v) is 14.1.